The molecule has 0 radical (unpaired) electrons. The van der Waals surface area contributed by atoms with Gasteiger partial charge < -0.3 is 10.2 Å². The van der Waals surface area contributed by atoms with Crippen LogP contribution in [0.15, 0.2) is 48.8 Å². The van der Waals surface area contributed by atoms with Crippen molar-refractivity contribution in [3.8, 4) is 0 Å². The van der Waals surface area contributed by atoms with Gasteiger partial charge in [0.1, 0.15) is 11.6 Å². The second-order valence-corrected chi connectivity index (χ2v) is 8.27. The number of aromatic nitrogens is 3. The Morgan fingerprint density at radius 3 is 2.58 bits per heavy atom. The summed E-state index contributed by atoms with van der Waals surface area (Å²) in [5, 5.41) is 2.61. The highest BCUT2D eigenvalue weighted by atomic mass is 19.1. The minimum atomic E-state index is -0.478. The van der Waals surface area contributed by atoms with Gasteiger partial charge in [-0.15, -0.1) is 0 Å². The predicted octanol–water partition coefficient (Wildman–Crippen LogP) is 3.83. The highest BCUT2D eigenvalue weighted by molar-refractivity contribution is 5.94. The number of amides is 2. The number of anilines is 1. The summed E-state index contributed by atoms with van der Waals surface area (Å²) in [6.45, 7) is 4.94. The van der Waals surface area contributed by atoms with Crippen LogP contribution in [0.3, 0.4) is 0 Å². The first-order chi connectivity index (χ1) is 15.9. The van der Waals surface area contributed by atoms with Crippen molar-refractivity contribution in [2.75, 3.05) is 18.4 Å². The first-order valence-corrected chi connectivity index (χ1v) is 11.0. The zero-order chi connectivity index (χ0) is 23.4. The first kappa shape index (κ1) is 22.5. The molecule has 7 nitrogen and oxygen atoms in total. The number of rotatable bonds is 5. The number of halogens is 1. The lowest BCUT2D eigenvalue weighted by atomic mass is 9.95. The van der Waals surface area contributed by atoms with E-state index in [1.165, 1.54) is 12.1 Å². The molecular formula is C25H26FN5O2. The van der Waals surface area contributed by atoms with Crippen molar-refractivity contribution in [2.45, 2.75) is 39.0 Å². The molecular weight excluding hydrogens is 421 g/mol. The summed E-state index contributed by atoms with van der Waals surface area (Å²) in [5.74, 6) is -0.130. The van der Waals surface area contributed by atoms with Crippen LogP contribution in [0.1, 0.15) is 51.9 Å². The van der Waals surface area contributed by atoms with E-state index in [4.69, 9.17) is 0 Å². The van der Waals surface area contributed by atoms with Gasteiger partial charge in [-0.3, -0.25) is 14.6 Å². The maximum atomic E-state index is 13.8. The lowest BCUT2D eigenvalue weighted by molar-refractivity contribution is -0.115. The first-order valence-electron chi connectivity index (χ1n) is 11.0. The maximum Gasteiger partial charge on any atom is 0.255 e. The molecule has 170 valence electrons. The molecule has 33 heavy (non-hydrogen) atoms. The Morgan fingerprint density at radius 1 is 1.12 bits per heavy atom. The summed E-state index contributed by atoms with van der Waals surface area (Å²) in [7, 11) is 0. The molecule has 1 aliphatic heterocycles. The van der Waals surface area contributed by atoms with Crippen LogP contribution < -0.4 is 5.32 Å². The number of nitrogens with zero attached hydrogens (tertiary/aromatic N) is 4. The molecule has 1 saturated heterocycles. The number of benzene rings is 1. The molecule has 0 bridgehead atoms. The van der Waals surface area contributed by atoms with Gasteiger partial charge in [0.25, 0.3) is 5.91 Å². The van der Waals surface area contributed by atoms with Gasteiger partial charge in [0.15, 0.2) is 0 Å². The molecule has 4 rings (SSSR count). The van der Waals surface area contributed by atoms with Crippen molar-refractivity contribution >= 4 is 17.5 Å². The Bertz CT molecular complexity index is 1150. The summed E-state index contributed by atoms with van der Waals surface area (Å²) in [6, 6.07) is 9.59. The number of likely N-dealkylation sites (tertiary alicyclic amines) is 1. The number of para-hydroxylation sites is 1. The number of piperidine rings is 1. The van der Waals surface area contributed by atoms with Crippen LogP contribution in [0.5, 0.6) is 0 Å². The largest absolute Gasteiger partial charge is 0.338 e. The van der Waals surface area contributed by atoms with Crippen LogP contribution in [-0.4, -0.2) is 44.8 Å². The molecule has 1 aromatic carbocycles. The van der Waals surface area contributed by atoms with Crippen molar-refractivity contribution in [3.63, 3.8) is 0 Å². The van der Waals surface area contributed by atoms with E-state index in [2.05, 4.69) is 20.3 Å². The molecule has 1 fully saturated rings. The third-order valence-corrected chi connectivity index (χ3v) is 5.91. The molecule has 8 heteroatoms. The van der Waals surface area contributed by atoms with Gasteiger partial charge in [-0.05, 0) is 51.0 Å². The fourth-order valence-electron chi connectivity index (χ4n) is 4.17. The Kier molecular flexibility index (Phi) is 6.72. The normalized spacial score (nSPS) is 15.8. The average molecular weight is 448 g/mol. The molecule has 0 unspecified atom stereocenters. The second kappa shape index (κ2) is 9.85. The third kappa shape index (κ3) is 5.22. The van der Waals surface area contributed by atoms with E-state index in [1.807, 2.05) is 18.7 Å². The lowest BCUT2D eigenvalue weighted by Gasteiger charge is -2.32. The van der Waals surface area contributed by atoms with E-state index in [-0.39, 0.29) is 29.8 Å². The molecule has 0 aliphatic carbocycles. The molecule has 0 saturated carbocycles. The number of carbonyl (C=O) groups is 2. The van der Waals surface area contributed by atoms with Crippen molar-refractivity contribution in [1.29, 1.82) is 0 Å². The van der Waals surface area contributed by atoms with Crippen LogP contribution in [0.4, 0.5) is 10.1 Å². The molecule has 2 amide bonds. The van der Waals surface area contributed by atoms with E-state index in [1.54, 1.807) is 36.7 Å². The smallest absolute Gasteiger partial charge is 0.255 e. The van der Waals surface area contributed by atoms with E-state index in [0.717, 1.165) is 29.8 Å². The van der Waals surface area contributed by atoms with Gasteiger partial charge in [-0.1, -0.05) is 12.1 Å². The Morgan fingerprint density at radius 2 is 1.88 bits per heavy atom. The van der Waals surface area contributed by atoms with Crippen molar-refractivity contribution in [1.82, 2.24) is 19.9 Å². The van der Waals surface area contributed by atoms with Crippen LogP contribution >= 0.6 is 0 Å². The Hall–Kier alpha value is -3.68. The summed E-state index contributed by atoms with van der Waals surface area (Å²) in [6.07, 6.45) is 5.04. The zero-order valence-corrected chi connectivity index (χ0v) is 18.7. The number of nitrogens with one attached hydrogen (secondary N) is 1. The van der Waals surface area contributed by atoms with Crippen LogP contribution in [0.25, 0.3) is 0 Å². The number of aryl methyl sites for hydroxylation is 2. The number of pyridine rings is 1. The molecule has 3 heterocycles. The quantitative estimate of drug-likeness (QED) is 0.642. The van der Waals surface area contributed by atoms with Gasteiger partial charge in [-0.2, -0.15) is 0 Å². The number of hydrogen-bond donors (Lipinski definition) is 1. The van der Waals surface area contributed by atoms with E-state index >= 15 is 0 Å². The van der Waals surface area contributed by atoms with Crippen molar-refractivity contribution in [3.05, 3.63) is 82.9 Å². The fraction of sp³-hybridized carbons (Fsp3) is 0.320. The maximum absolute atomic E-state index is 13.8. The molecule has 1 N–H and O–H groups in total. The molecule has 1 atom stereocenters. The van der Waals surface area contributed by atoms with E-state index < -0.39 is 5.82 Å². The van der Waals surface area contributed by atoms with Gasteiger partial charge in [0.05, 0.1) is 17.7 Å². The van der Waals surface area contributed by atoms with E-state index in [0.29, 0.717) is 24.5 Å². The Labute approximate surface area is 192 Å². The molecule has 3 aromatic rings. The highest BCUT2D eigenvalue weighted by Crippen LogP contribution is 2.27. The summed E-state index contributed by atoms with van der Waals surface area (Å²) in [4.78, 5) is 40.6. The molecule has 2 aromatic heterocycles. The number of hydrogen-bond acceptors (Lipinski definition) is 5. The minimum absolute atomic E-state index is 0.0260. The van der Waals surface area contributed by atoms with Gasteiger partial charge in [-0.25, -0.2) is 14.4 Å². The third-order valence-electron chi connectivity index (χ3n) is 5.91. The number of carbonyl (C=O) groups excluding carboxylic acids is 2. The molecule has 1 aliphatic rings. The molecule has 0 spiro atoms. The van der Waals surface area contributed by atoms with Gasteiger partial charge in [0.2, 0.25) is 5.91 Å². The van der Waals surface area contributed by atoms with Crippen LogP contribution in [-0.2, 0) is 11.2 Å². The summed E-state index contributed by atoms with van der Waals surface area (Å²) < 4.78 is 13.8. The highest BCUT2D eigenvalue weighted by Gasteiger charge is 2.28. The zero-order valence-electron chi connectivity index (χ0n) is 18.7. The van der Waals surface area contributed by atoms with Crippen LogP contribution in [0, 0.1) is 19.7 Å². The topological polar surface area (TPSA) is 88.1 Å². The predicted molar refractivity (Wildman–Crippen MR) is 122 cm³/mol. The average Bonchev–Trinajstić information content (AvgIpc) is 2.83. The van der Waals surface area contributed by atoms with Crippen molar-refractivity contribution in [2.24, 2.45) is 0 Å². The van der Waals surface area contributed by atoms with Crippen molar-refractivity contribution < 1.29 is 14.0 Å². The summed E-state index contributed by atoms with van der Waals surface area (Å²) in [5.41, 5.74) is 2.89. The van der Waals surface area contributed by atoms with Crippen LogP contribution in [0.2, 0.25) is 0 Å². The summed E-state index contributed by atoms with van der Waals surface area (Å²) >= 11 is 0. The van der Waals surface area contributed by atoms with Gasteiger partial charge >= 0.3 is 0 Å². The van der Waals surface area contributed by atoms with E-state index in [9.17, 15) is 14.0 Å². The Balaban J connectivity index is 1.47. The lowest BCUT2D eigenvalue weighted by Crippen LogP contribution is -2.39. The monoisotopic (exact) mass is 447 g/mol. The fourth-order valence-corrected chi connectivity index (χ4v) is 4.17. The second-order valence-electron chi connectivity index (χ2n) is 8.27. The minimum Gasteiger partial charge on any atom is -0.338 e. The standard InChI is InChI=1S/C25H26FN5O2/c1-16-20(13-23(32)30-22-10-4-3-9-21(22)26)17(2)29-24(28-16)19-8-6-12-31(15-19)25(33)18-7-5-11-27-14-18/h3-5,7,9-11,14,19H,6,8,12-13,15H2,1-2H3,(H,30,32)/t19-/m1/s1. The SMILES string of the molecule is Cc1nc([C@@H]2CCCN(C(=O)c3cccnc3)C2)nc(C)c1CC(=O)Nc1ccccc1F. The van der Waals surface area contributed by atoms with Gasteiger partial charge in [0, 0.05) is 48.4 Å².